The zero-order valence-electron chi connectivity index (χ0n) is 22.1. The van der Waals surface area contributed by atoms with Crippen molar-refractivity contribution in [1.29, 1.82) is 0 Å². The molecule has 2 aliphatic heterocycles. The minimum Gasteiger partial charge on any atom is -0.369 e. The zero-order valence-corrected chi connectivity index (χ0v) is 22.1. The lowest BCUT2D eigenvalue weighted by Gasteiger charge is -2.37. The normalized spacial score (nSPS) is 16.0. The zero-order chi connectivity index (χ0) is 27.2. The van der Waals surface area contributed by atoms with Crippen LogP contribution in [0.3, 0.4) is 0 Å². The van der Waals surface area contributed by atoms with Gasteiger partial charge in [-0.3, -0.25) is 14.1 Å². The molecule has 2 aliphatic rings. The van der Waals surface area contributed by atoms with Gasteiger partial charge in [-0.1, -0.05) is 42.5 Å². The van der Waals surface area contributed by atoms with Crippen LogP contribution < -0.4 is 10.6 Å². The Morgan fingerprint density at radius 1 is 0.900 bits per heavy atom. The summed E-state index contributed by atoms with van der Waals surface area (Å²) < 4.78 is 15.9. The number of halogens is 1. The maximum absolute atomic E-state index is 14.4. The second kappa shape index (κ2) is 9.91. The van der Waals surface area contributed by atoms with E-state index in [1.807, 2.05) is 4.90 Å². The summed E-state index contributed by atoms with van der Waals surface area (Å²) in [5.74, 6) is -0.536. The van der Waals surface area contributed by atoms with Crippen molar-refractivity contribution < 1.29 is 9.18 Å². The second-order valence-corrected chi connectivity index (χ2v) is 10.6. The van der Waals surface area contributed by atoms with E-state index in [0.717, 1.165) is 39.1 Å². The van der Waals surface area contributed by atoms with Crippen molar-refractivity contribution in [3.05, 3.63) is 101 Å². The van der Waals surface area contributed by atoms with Gasteiger partial charge in [-0.15, -0.1) is 0 Å². The van der Waals surface area contributed by atoms with Crippen LogP contribution in [0.4, 0.5) is 16.0 Å². The third kappa shape index (κ3) is 4.32. The maximum Gasteiger partial charge on any atom is 0.274 e. The van der Waals surface area contributed by atoms with E-state index < -0.39 is 5.82 Å². The SMILES string of the molecule is Nc1nc2c(F)cccc2c2nc(C(=O)N3CCc4cccc(CN5CCN(c6ccccc6)CC5)c4C3)cn12. The molecule has 0 spiro atoms. The summed E-state index contributed by atoms with van der Waals surface area (Å²) in [6, 6.07) is 21.8. The number of fused-ring (bicyclic) bond motifs is 4. The molecule has 0 aliphatic carbocycles. The summed E-state index contributed by atoms with van der Waals surface area (Å²) in [6.45, 7) is 5.98. The van der Waals surface area contributed by atoms with E-state index in [4.69, 9.17) is 5.73 Å². The Labute approximate surface area is 231 Å². The Morgan fingerprint density at radius 3 is 2.52 bits per heavy atom. The molecule has 2 aromatic heterocycles. The Hall–Kier alpha value is -4.50. The highest BCUT2D eigenvalue weighted by molar-refractivity contribution is 5.97. The van der Waals surface area contributed by atoms with E-state index in [0.29, 0.717) is 24.1 Å². The number of hydrogen-bond acceptors (Lipinski definition) is 6. The molecule has 0 saturated carbocycles. The van der Waals surface area contributed by atoms with Crippen molar-refractivity contribution in [1.82, 2.24) is 24.2 Å². The molecule has 0 bridgehead atoms. The van der Waals surface area contributed by atoms with E-state index in [1.54, 1.807) is 22.7 Å². The smallest absolute Gasteiger partial charge is 0.274 e. The number of aromatic nitrogens is 3. The number of benzene rings is 3. The molecule has 0 radical (unpaired) electrons. The molecular weight excluding hydrogens is 505 g/mol. The number of imidazole rings is 1. The summed E-state index contributed by atoms with van der Waals surface area (Å²) in [6.07, 6.45) is 2.40. The van der Waals surface area contributed by atoms with E-state index >= 15 is 0 Å². The predicted molar refractivity (Wildman–Crippen MR) is 154 cm³/mol. The van der Waals surface area contributed by atoms with E-state index in [2.05, 4.69) is 68.3 Å². The van der Waals surface area contributed by atoms with Crippen LogP contribution in [0.15, 0.2) is 72.9 Å². The van der Waals surface area contributed by atoms with Crippen LogP contribution in [-0.2, 0) is 19.5 Å². The van der Waals surface area contributed by atoms with Gasteiger partial charge in [0.1, 0.15) is 22.7 Å². The van der Waals surface area contributed by atoms with Crippen molar-refractivity contribution in [3.8, 4) is 0 Å². The number of carbonyl (C=O) groups is 1. The number of nitrogens with two attached hydrogens (primary N) is 1. The fourth-order valence-corrected chi connectivity index (χ4v) is 6.00. The number of amides is 1. The van der Waals surface area contributed by atoms with Crippen LogP contribution in [0.25, 0.3) is 16.6 Å². The number of piperazine rings is 1. The standard InChI is InChI=1S/C31H30FN7O/c32-26-11-5-10-24-28(26)35-31(33)39-20-27(34-29(24)39)30(40)38-13-12-21-6-4-7-22(25(21)19-38)18-36-14-16-37(17-15-36)23-8-2-1-3-9-23/h1-11,20H,12-19H2,(H2,33,35). The highest BCUT2D eigenvalue weighted by Gasteiger charge is 2.27. The summed E-state index contributed by atoms with van der Waals surface area (Å²) >= 11 is 0. The minimum atomic E-state index is -0.468. The first-order chi connectivity index (χ1) is 19.5. The van der Waals surface area contributed by atoms with Gasteiger partial charge in [-0.05, 0) is 47.4 Å². The molecule has 0 unspecified atom stereocenters. The van der Waals surface area contributed by atoms with Gasteiger partial charge < -0.3 is 15.5 Å². The topological polar surface area (TPSA) is 83.0 Å². The number of nitrogen functional groups attached to an aromatic ring is 1. The fraction of sp³-hybridized carbons (Fsp3) is 0.258. The molecule has 2 N–H and O–H groups in total. The predicted octanol–water partition coefficient (Wildman–Crippen LogP) is 4.12. The first-order valence-corrected chi connectivity index (χ1v) is 13.7. The van der Waals surface area contributed by atoms with Crippen LogP contribution in [-0.4, -0.2) is 62.8 Å². The number of anilines is 2. The Kier molecular flexibility index (Phi) is 6.08. The molecule has 4 heterocycles. The molecule has 9 heteroatoms. The molecular formula is C31H30FN7O. The van der Waals surface area contributed by atoms with Crippen molar-refractivity contribution in [3.63, 3.8) is 0 Å². The number of para-hydroxylation sites is 2. The third-order valence-corrected chi connectivity index (χ3v) is 8.17. The van der Waals surface area contributed by atoms with E-state index in [1.165, 1.54) is 28.4 Å². The largest absolute Gasteiger partial charge is 0.369 e. The molecule has 7 rings (SSSR count). The molecule has 1 fully saturated rings. The second-order valence-electron chi connectivity index (χ2n) is 10.6. The van der Waals surface area contributed by atoms with Gasteiger partial charge in [0.25, 0.3) is 5.91 Å². The van der Waals surface area contributed by atoms with E-state index in [-0.39, 0.29) is 23.1 Å². The van der Waals surface area contributed by atoms with Crippen LogP contribution in [0, 0.1) is 5.82 Å². The molecule has 40 heavy (non-hydrogen) atoms. The third-order valence-electron chi connectivity index (χ3n) is 8.17. The van der Waals surface area contributed by atoms with Crippen LogP contribution in [0.1, 0.15) is 27.2 Å². The van der Waals surface area contributed by atoms with Gasteiger partial charge in [0, 0.05) is 63.1 Å². The summed E-state index contributed by atoms with van der Waals surface area (Å²) in [4.78, 5) is 29.2. The summed E-state index contributed by atoms with van der Waals surface area (Å²) in [7, 11) is 0. The lowest BCUT2D eigenvalue weighted by molar-refractivity contribution is 0.0728. The Morgan fingerprint density at radius 2 is 1.70 bits per heavy atom. The Balaban J connectivity index is 1.10. The molecule has 3 aromatic carbocycles. The van der Waals surface area contributed by atoms with Crippen molar-refractivity contribution in [2.45, 2.75) is 19.5 Å². The molecule has 1 amide bonds. The average molecular weight is 536 g/mol. The highest BCUT2D eigenvalue weighted by Crippen LogP contribution is 2.27. The monoisotopic (exact) mass is 535 g/mol. The summed E-state index contributed by atoms with van der Waals surface area (Å²) in [5.41, 5.74) is 12.0. The summed E-state index contributed by atoms with van der Waals surface area (Å²) in [5, 5.41) is 0.520. The molecule has 202 valence electrons. The van der Waals surface area contributed by atoms with E-state index in [9.17, 15) is 9.18 Å². The van der Waals surface area contributed by atoms with Gasteiger partial charge in [0.05, 0.1) is 0 Å². The number of hydrogen-bond donors (Lipinski definition) is 1. The maximum atomic E-state index is 14.4. The fourth-order valence-electron chi connectivity index (χ4n) is 6.00. The molecule has 1 saturated heterocycles. The lowest BCUT2D eigenvalue weighted by Crippen LogP contribution is -2.46. The van der Waals surface area contributed by atoms with Gasteiger partial charge in [-0.25, -0.2) is 14.4 Å². The number of rotatable bonds is 4. The van der Waals surface area contributed by atoms with Crippen molar-refractivity contribution in [2.75, 3.05) is 43.4 Å². The first-order valence-electron chi connectivity index (χ1n) is 13.7. The number of nitrogens with zero attached hydrogens (tertiary/aromatic N) is 6. The van der Waals surface area contributed by atoms with Gasteiger partial charge in [-0.2, -0.15) is 0 Å². The van der Waals surface area contributed by atoms with Gasteiger partial charge in [0.15, 0.2) is 0 Å². The van der Waals surface area contributed by atoms with Gasteiger partial charge >= 0.3 is 0 Å². The Bertz CT molecular complexity index is 1730. The van der Waals surface area contributed by atoms with Gasteiger partial charge in [0.2, 0.25) is 5.95 Å². The number of carbonyl (C=O) groups excluding carboxylic acids is 1. The van der Waals surface area contributed by atoms with Crippen molar-refractivity contribution >= 4 is 34.1 Å². The quantitative estimate of drug-likeness (QED) is 0.373. The molecule has 0 atom stereocenters. The molecule has 5 aromatic rings. The highest BCUT2D eigenvalue weighted by atomic mass is 19.1. The van der Waals surface area contributed by atoms with Crippen LogP contribution >= 0.6 is 0 Å². The minimum absolute atomic E-state index is 0.0952. The average Bonchev–Trinajstić information content (AvgIpc) is 3.45. The van der Waals surface area contributed by atoms with Crippen LogP contribution in [0.5, 0.6) is 0 Å². The van der Waals surface area contributed by atoms with Crippen LogP contribution in [0.2, 0.25) is 0 Å². The van der Waals surface area contributed by atoms with Crippen molar-refractivity contribution in [2.24, 2.45) is 0 Å². The lowest BCUT2D eigenvalue weighted by atomic mass is 9.94. The molecule has 8 nitrogen and oxygen atoms in total. The first kappa shape index (κ1) is 24.5.